The Morgan fingerprint density at radius 2 is 1.37 bits per heavy atom. The molecule has 2 radical (unpaired) electrons. The molecule has 19 heteroatoms. The Balaban J connectivity index is -0.000000349. The summed E-state index contributed by atoms with van der Waals surface area (Å²) in [5.41, 5.74) is 1.88. The van der Waals surface area contributed by atoms with Crippen molar-refractivity contribution in [2.24, 2.45) is 9.98 Å². The number of methoxy groups -OCH3 is 1. The fourth-order valence-corrected chi connectivity index (χ4v) is 2.22. The Hall–Kier alpha value is -3.45. The second-order valence-electron chi connectivity index (χ2n) is 5.90. The van der Waals surface area contributed by atoms with E-state index in [1.54, 1.807) is 36.5 Å². The Kier molecular flexibility index (Phi) is 27.6. The molecule has 0 heterocycles. The van der Waals surface area contributed by atoms with Crippen LogP contribution in [0.15, 0.2) is 52.4 Å². The maximum Gasteiger partial charge on any atom is 3.00 e. The molecule has 2 rings (SSSR count). The SMILES string of the molecule is COc1cccc(C=NCCCN=C(C)c2ccccc2[O-])c1[O-].O=[N+]([O-])[O-].O=[N+]([O-])[O-].O=[N+]([O-])[O-].[Cu+2].[Er+3]. The largest absolute Gasteiger partial charge is 3.00 e. The monoisotopic (exact) mass is 739 g/mol. The second-order valence-corrected chi connectivity index (χ2v) is 5.90. The van der Waals surface area contributed by atoms with Crippen molar-refractivity contribution in [2.75, 3.05) is 20.2 Å². The number of rotatable bonds is 7. The van der Waals surface area contributed by atoms with E-state index in [9.17, 15) is 10.2 Å². The van der Waals surface area contributed by atoms with Gasteiger partial charge in [0.25, 0.3) is 0 Å². The fourth-order valence-electron chi connectivity index (χ4n) is 2.22. The molecule has 0 saturated heterocycles. The van der Waals surface area contributed by atoms with E-state index in [4.69, 9.17) is 50.7 Å². The third-order valence-corrected chi connectivity index (χ3v) is 3.53. The van der Waals surface area contributed by atoms with Crippen LogP contribution >= 0.6 is 0 Å². The predicted molar refractivity (Wildman–Crippen MR) is 124 cm³/mol. The van der Waals surface area contributed by atoms with Crippen molar-refractivity contribution in [3.8, 4) is 17.2 Å². The van der Waals surface area contributed by atoms with Gasteiger partial charge in [-0.1, -0.05) is 47.9 Å². The average Bonchev–Trinajstić information content (AvgIpc) is 2.76. The van der Waals surface area contributed by atoms with Crippen LogP contribution in [0.3, 0.4) is 0 Å². The smallest absolute Gasteiger partial charge is 0.872 e. The van der Waals surface area contributed by atoms with Crippen molar-refractivity contribution in [1.29, 1.82) is 0 Å². The van der Waals surface area contributed by atoms with Gasteiger partial charge in [-0.2, -0.15) is 0 Å². The Morgan fingerprint density at radius 3 is 1.84 bits per heavy atom. The number of nitrogens with zero attached hydrogens (tertiary/aromatic N) is 5. The number of ether oxygens (including phenoxy) is 1. The quantitative estimate of drug-likeness (QED) is 0.128. The summed E-state index contributed by atoms with van der Waals surface area (Å²) < 4.78 is 4.99. The van der Waals surface area contributed by atoms with Crippen LogP contribution in [0.1, 0.15) is 24.5 Å². The first-order chi connectivity index (χ1) is 16.8. The van der Waals surface area contributed by atoms with Gasteiger partial charge in [0, 0.05) is 25.0 Å². The summed E-state index contributed by atoms with van der Waals surface area (Å²) in [4.78, 5) is 33.4. The molecule has 0 N–H and O–H groups in total. The standard InChI is InChI=1S/C19H22N2O3.Cu.Er.3NO3/c1-14(16-8-3-4-9-17(16)22)21-12-6-11-20-13-15-7-5-10-18(24-2)19(15)23;;;3*2-1(3)4/h3-5,7-10,13,22-23H,6,11-12H2,1-2H3;;;;;/q;+2;+3;3*-1/p-2. The van der Waals surface area contributed by atoms with Crippen molar-refractivity contribution in [3.05, 3.63) is 99.6 Å². The zero-order valence-corrected chi connectivity index (χ0v) is 22.3. The molecule has 2 aromatic rings. The van der Waals surface area contributed by atoms with Gasteiger partial charge < -0.3 is 60.9 Å². The minimum Gasteiger partial charge on any atom is -0.872 e. The molecule has 0 atom stereocenters. The fraction of sp³-hybridized carbons (Fsp3) is 0.263. The summed E-state index contributed by atoms with van der Waals surface area (Å²) in [6.07, 6.45) is 2.31. The van der Waals surface area contributed by atoms with Gasteiger partial charge >= 0.3 is 54.4 Å². The first kappa shape index (κ1) is 41.7. The first-order valence-corrected chi connectivity index (χ1v) is 9.39. The summed E-state index contributed by atoms with van der Waals surface area (Å²) in [7, 11) is 1.47. The van der Waals surface area contributed by atoms with Gasteiger partial charge in [0.05, 0.1) is 22.4 Å². The molecule has 0 saturated carbocycles. The first-order valence-electron chi connectivity index (χ1n) is 9.39. The van der Waals surface area contributed by atoms with Gasteiger partial charge in [0.1, 0.15) is 5.75 Å². The molecule has 0 unspecified atom stereocenters. The molecule has 0 aromatic heterocycles. The van der Waals surface area contributed by atoms with Crippen molar-refractivity contribution in [3.63, 3.8) is 0 Å². The van der Waals surface area contributed by atoms with E-state index in [2.05, 4.69) is 9.98 Å². The van der Waals surface area contributed by atoms with Crippen LogP contribution in [0.5, 0.6) is 17.2 Å². The van der Waals surface area contributed by atoms with Crippen molar-refractivity contribution in [2.45, 2.75) is 13.3 Å². The zero-order valence-electron chi connectivity index (χ0n) is 19.5. The molecule has 0 spiro atoms. The molecular formula is C19H20CuErN5O12. The van der Waals surface area contributed by atoms with Crippen LogP contribution in [0.25, 0.3) is 0 Å². The summed E-state index contributed by atoms with van der Waals surface area (Å²) in [5.74, 6) is 0.137. The van der Waals surface area contributed by atoms with E-state index < -0.39 is 15.3 Å². The van der Waals surface area contributed by atoms with E-state index in [1.807, 2.05) is 13.0 Å². The zero-order chi connectivity index (χ0) is 28.1. The molecule has 17 nitrogen and oxygen atoms in total. The van der Waals surface area contributed by atoms with Crippen molar-refractivity contribution in [1.82, 2.24) is 0 Å². The Bertz CT molecular complexity index is 1000. The normalized spacial score (nSPS) is 9.37. The molecule has 0 fully saturated rings. The number of hydrogen-bond donors (Lipinski definition) is 0. The molecule has 0 aliphatic carbocycles. The molecule has 2 aromatic carbocycles. The van der Waals surface area contributed by atoms with E-state index in [0.717, 1.165) is 12.1 Å². The van der Waals surface area contributed by atoms with Gasteiger partial charge in [0.2, 0.25) is 0 Å². The van der Waals surface area contributed by atoms with E-state index in [-0.39, 0.29) is 65.9 Å². The molecule has 0 aliphatic rings. The Morgan fingerprint density at radius 1 is 0.868 bits per heavy atom. The topological polar surface area (TPSA) is 279 Å². The van der Waals surface area contributed by atoms with Crippen LogP contribution in [-0.4, -0.2) is 47.4 Å². The van der Waals surface area contributed by atoms with E-state index >= 15 is 0 Å². The number of hydrogen-bond acceptors (Lipinski definition) is 14. The van der Waals surface area contributed by atoms with E-state index in [1.165, 1.54) is 13.2 Å². The van der Waals surface area contributed by atoms with Crippen LogP contribution in [0.2, 0.25) is 0 Å². The number of aliphatic imine (C=N–C) groups is 2. The van der Waals surface area contributed by atoms with Gasteiger partial charge in [0.15, 0.2) is 0 Å². The molecular weight excluding hydrogens is 721 g/mol. The molecule has 38 heavy (non-hydrogen) atoms. The third-order valence-electron chi connectivity index (χ3n) is 3.53. The summed E-state index contributed by atoms with van der Waals surface area (Å²) >= 11 is 0. The third kappa shape index (κ3) is 24.2. The summed E-state index contributed by atoms with van der Waals surface area (Å²) in [5, 5.41) is 67.9. The van der Waals surface area contributed by atoms with Gasteiger partial charge in [-0.05, 0) is 30.5 Å². The summed E-state index contributed by atoms with van der Waals surface area (Å²) in [6, 6.07) is 12.0. The Labute approximate surface area is 255 Å². The van der Waals surface area contributed by atoms with Crippen LogP contribution in [-0.2, 0) is 17.1 Å². The maximum absolute atomic E-state index is 11.9. The van der Waals surface area contributed by atoms with Crippen molar-refractivity contribution >= 4 is 11.9 Å². The van der Waals surface area contributed by atoms with Gasteiger partial charge in [-0.25, -0.2) is 0 Å². The summed E-state index contributed by atoms with van der Waals surface area (Å²) in [6.45, 7) is 2.98. The minimum absolute atomic E-state index is 0. The van der Waals surface area contributed by atoms with Crippen molar-refractivity contribution < 1.29 is 84.6 Å². The number of benzene rings is 2. The van der Waals surface area contributed by atoms with Gasteiger partial charge in [-0.3, -0.25) is 9.98 Å². The molecule has 216 valence electrons. The molecule has 0 bridgehead atoms. The predicted octanol–water partition coefficient (Wildman–Crippen LogP) is 1.44. The minimum atomic E-state index is -1.75. The maximum atomic E-state index is 11.9. The van der Waals surface area contributed by atoms with Crippen LogP contribution < -0.4 is 14.9 Å². The van der Waals surface area contributed by atoms with E-state index in [0.29, 0.717) is 30.0 Å². The number of para-hydroxylation sites is 2. The van der Waals surface area contributed by atoms with Crippen LogP contribution in [0.4, 0.5) is 0 Å². The van der Waals surface area contributed by atoms with Gasteiger partial charge in [-0.15, -0.1) is 0 Å². The second kappa shape index (κ2) is 25.2. The molecule has 0 amide bonds. The average molecular weight is 741 g/mol. The molecule has 0 aliphatic heterocycles. The van der Waals surface area contributed by atoms with Crippen LogP contribution in [0, 0.1) is 83.3 Å².